The molecule has 2 aromatic rings. The Morgan fingerprint density at radius 1 is 1.27 bits per heavy atom. The lowest BCUT2D eigenvalue weighted by Crippen LogP contribution is -2.27. The van der Waals surface area contributed by atoms with Crippen LogP contribution in [0.1, 0.15) is 40.2 Å². The lowest BCUT2D eigenvalue weighted by Gasteiger charge is -2.15. The number of carbonyl (C=O) groups excluding carboxylic acids is 1. The fourth-order valence-corrected chi connectivity index (χ4v) is 3.04. The molecule has 0 spiro atoms. The van der Waals surface area contributed by atoms with E-state index in [1.165, 1.54) is 0 Å². The topological polar surface area (TPSA) is 38.1 Å². The number of aryl methyl sites for hydroxylation is 1. The molecule has 0 atom stereocenters. The van der Waals surface area contributed by atoms with Crippen LogP contribution in [0.25, 0.3) is 0 Å². The Labute approximate surface area is 135 Å². The number of aromatic nitrogens is 2. The first-order valence-corrected chi connectivity index (χ1v) is 8.02. The van der Waals surface area contributed by atoms with E-state index in [0.29, 0.717) is 11.6 Å². The van der Waals surface area contributed by atoms with E-state index in [2.05, 4.69) is 5.10 Å². The largest absolute Gasteiger partial charge is 0.339 e. The zero-order valence-corrected chi connectivity index (χ0v) is 13.7. The van der Waals surface area contributed by atoms with Crippen LogP contribution in [-0.4, -0.2) is 33.7 Å². The van der Waals surface area contributed by atoms with Crippen molar-refractivity contribution in [2.75, 3.05) is 13.1 Å². The van der Waals surface area contributed by atoms with Gasteiger partial charge in [-0.1, -0.05) is 23.7 Å². The quantitative estimate of drug-likeness (QED) is 0.869. The van der Waals surface area contributed by atoms with Crippen molar-refractivity contribution < 1.29 is 4.79 Å². The smallest absolute Gasteiger partial charge is 0.253 e. The second-order valence-electron chi connectivity index (χ2n) is 5.84. The molecule has 0 bridgehead atoms. The number of benzene rings is 1. The normalized spacial score (nSPS) is 14.6. The third kappa shape index (κ3) is 2.88. The van der Waals surface area contributed by atoms with Gasteiger partial charge in [-0.05, 0) is 44.4 Å². The van der Waals surface area contributed by atoms with Crippen LogP contribution in [0.3, 0.4) is 0 Å². The van der Waals surface area contributed by atoms with E-state index in [0.717, 1.165) is 48.4 Å². The molecule has 3 rings (SSSR count). The molecule has 0 unspecified atom stereocenters. The molecule has 1 saturated heterocycles. The van der Waals surface area contributed by atoms with Gasteiger partial charge < -0.3 is 4.90 Å². The van der Waals surface area contributed by atoms with Crippen molar-refractivity contribution in [2.24, 2.45) is 0 Å². The number of nitrogens with zero attached hydrogens (tertiary/aromatic N) is 3. The molecule has 1 aromatic carbocycles. The molecule has 4 nitrogen and oxygen atoms in total. The highest BCUT2D eigenvalue weighted by Crippen LogP contribution is 2.20. The molecule has 22 heavy (non-hydrogen) atoms. The molecule has 0 aliphatic carbocycles. The zero-order valence-electron chi connectivity index (χ0n) is 13.0. The number of rotatable bonds is 3. The molecule has 1 aromatic heterocycles. The average Bonchev–Trinajstić information content (AvgIpc) is 3.13. The Bertz CT molecular complexity index is 702. The average molecular weight is 318 g/mol. The summed E-state index contributed by atoms with van der Waals surface area (Å²) in [6, 6.07) is 7.81. The van der Waals surface area contributed by atoms with Crippen LogP contribution < -0.4 is 0 Å². The molecule has 0 saturated carbocycles. The highest BCUT2D eigenvalue weighted by Gasteiger charge is 2.19. The summed E-state index contributed by atoms with van der Waals surface area (Å²) in [6.45, 7) is 6.23. The summed E-state index contributed by atoms with van der Waals surface area (Å²) in [4.78, 5) is 14.4. The third-order valence-corrected chi connectivity index (χ3v) is 4.74. The summed E-state index contributed by atoms with van der Waals surface area (Å²) in [5.74, 6) is 0.130. The van der Waals surface area contributed by atoms with Crippen molar-refractivity contribution in [3.63, 3.8) is 0 Å². The van der Waals surface area contributed by atoms with E-state index in [-0.39, 0.29) is 5.91 Å². The number of carbonyl (C=O) groups is 1. The number of hydrogen-bond donors (Lipinski definition) is 0. The van der Waals surface area contributed by atoms with Gasteiger partial charge in [-0.3, -0.25) is 9.48 Å². The van der Waals surface area contributed by atoms with E-state index >= 15 is 0 Å². The van der Waals surface area contributed by atoms with E-state index in [9.17, 15) is 4.79 Å². The fourth-order valence-electron chi connectivity index (χ4n) is 2.91. The van der Waals surface area contributed by atoms with Crippen molar-refractivity contribution in [3.05, 3.63) is 51.8 Å². The summed E-state index contributed by atoms with van der Waals surface area (Å²) in [7, 11) is 0. The Kier molecular flexibility index (Phi) is 4.21. The number of halogens is 1. The third-order valence-electron chi connectivity index (χ3n) is 4.19. The van der Waals surface area contributed by atoms with E-state index in [1.54, 1.807) is 0 Å². The molecule has 1 aliphatic rings. The minimum absolute atomic E-state index is 0.130. The van der Waals surface area contributed by atoms with Crippen LogP contribution in [0.5, 0.6) is 0 Å². The second-order valence-corrected chi connectivity index (χ2v) is 6.22. The molecule has 116 valence electrons. The summed E-state index contributed by atoms with van der Waals surface area (Å²) in [5, 5.41) is 5.16. The number of hydrogen-bond acceptors (Lipinski definition) is 2. The van der Waals surface area contributed by atoms with E-state index < -0.39 is 0 Å². The van der Waals surface area contributed by atoms with E-state index in [4.69, 9.17) is 11.6 Å². The highest BCUT2D eigenvalue weighted by atomic mass is 35.5. The van der Waals surface area contributed by atoms with Gasteiger partial charge in [0.15, 0.2) is 0 Å². The second kappa shape index (κ2) is 6.13. The van der Waals surface area contributed by atoms with E-state index in [1.807, 2.05) is 47.7 Å². The minimum Gasteiger partial charge on any atom is -0.339 e. The first-order valence-electron chi connectivity index (χ1n) is 7.64. The molecule has 2 heterocycles. The van der Waals surface area contributed by atoms with Crippen molar-refractivity contribution in [1.82, 2.24) is 14.7 Å². The van der Waals surface area contributed by atoms with Crippen molar-refractivity contribution in [3.8, 4) is 0 Å². The van der Waals surface area contributed by atoms with Crippen molar-refractivity contribution in [2.45, 2.75) is 33.2 Å². The maximum absolute atomic E-state index is 12.5. The predicted octanol–water partition coefficient (Wildman–Crippen LogP) is 3.44. The zero-order chi connectivity index (χ0) is 15.7. The first kappa shape index (κ1) is 15.1. The molecular weight excluding hydrogens is 298 g/mol. The van der Waals surface area contributed by atoms with Crippen LogP contribution >= 0.6 is 11.6 Å². The lowest BCUT2D eigenvalue weighted by molar-refractivity contribution is 0.0792. The standard InChI is InChI=1S/C17H20ClN3O/c1-12-16(18)13(2)21(19-12)11-14-6-5-7-15(10-14)17(22)20-8-3-4-9-20/h5-7,10H,3-4,8-9,11H2,1-2H3. The van der Waals surface area contributed by atoms with Crippen LogP contribution in [0.4, 0.5) is 0 Å². The Morgan fingerprint density at radius 3 is 2.64 bits per heavy atom. The van der Waals surface area contributed by atoms with Gasteiger partial charge in [0.2, 0.25) is 0 Å². The van der Waals surface area contributed by atoms with Gasteiger partial charge >= 0.3 is 0 Å². The SMILES string of the molecule is Cc1nn(Cc2cccc(C(=O)N3CCCC3)c2)c(C)c1Cl. The number of amides is 1. The molecule has 0 N–H and O–H groups in total. The summed E-state index contributed by atoms with van der Waals surface area (Å²) in [6.07, 6.45) is 2.21. The van der Waals surface area contributed by atoms with Crippen molar-refractivity contribution in [1.29, 1.82) is 0 Å². The van der Waals surface area contributed by atoms with Gasteiger partial charge in [-0.25, -0.2) is 0 Å². The highest BCUT2D eigenvalue weighted by molar-refractivity contribution is 6.31. The maximum Gasteiger partial charge on any atom is 0.253 e. The summed E-state index contributed by atoms with van der Waals surface area (Å²) < 4.78 is 1.89. The summed E-state index contributed by atoms with van der Waals surface area (Å²) >= 11 is 6.19. The lowest BCUT2D eigenvalue weighted by atomic mass is 10.1. The van der Waals surface area contributed by atoms with Crippen LogP contribution in [0.2, 0.25) is 5.02 Å². The molecular formula is C17H20ClN3O. The molecule has 0 radical (unpaired) electrons. The molecule has 1 aliphatic heterocycles. The molecule has 1 amide bonds. The molecule has 5 heteroatoms. The fraction of sp³-hybridized carbons (Fsp3) is 0.412. The van der Waals surface area contributed by atoms with Gasteiger partial charge in [0, 0.05) is 18.7 Å². The molecule has 1 fully saturated rings. The Morgan fingerprint density at radius 2 is 2.00 bits per heavy atom. The predicted molar refractivity (Wildman–Crippen MR) is 87.4 cm³/mol. The van der Waals surface area contributed by atoms with Gasteiger partial charge in [-0.2, -0.15) is 5.10 Å². The van der Waals surface area contributed by atoms with Crippen LogP contribution in [0.15, 0.2) is 24.3 Å². The minimum atomic E-state index is 0.130. The van der Waals surface area contributed by atoms with Crippen LogP contribution in [0, 0.1) is 13.8 Å². The number of likely N-dealkylation sites (tertiary alicyclic amines) is 1. The maximum atomic E-state index is 12.5. The van der Waals surface area contributed by atoms with Crippen LogP contribution in [-0.2, 0) is 6.54 Å². The monoisotopic (exact) mass is 317 g/mol. The Hall–Kier alpha value is -1.81. The first-order chi connectivity index (χ1) is 10.6. The summed E-state index contributed by atoms with van der Waals surface area (Å²) in [5.41, 5.74) is 3.61. The van der Waals surface area contributed by atoms with Gasteiger partial charge in [0.1, 0.15) is 0 Å². The van der Waals surface area contributed by atoms with Gasteiger partial charge in [-0.15, -0.1) is 0 Å². The van der Waals surface area contributed by atoms with Crippen molar-refractivity contribution >= 4 is 17.5 Å². The Balaban J connectivity index is 1.81. The van der Waals surface area contributed by atoms with Gasteiger partial charge in [0.05, 0.1) is 23.0 Å². The van der Waals surface area contributed by atoms with Gasteiger partial charge in [0.25, 0.3) is 5.91 Å².